The van der Waals surface area contributed by atoms with Crippen molar-refractivity contribution >= 4 is 11.6 Å². The molecule has 0 amide bonds. The third kappa shape index (κ3) is 2.11. The lowest BCUT2D eigenvalue weighted by Gasteiger charge is -2.32. The van der Waals surface area contributed by atoms with Gasteiger partial charge in [-0.05, 0) is 37.2 Å². The van der Waals surface area contributed by atoms with E-state index in [0.717, 1.165) is 25.4 Å². The van der Waals surface area contributed by atoms with Crippen molar-refractivity contribution in [3.05, 3.63) is 18.0 Å². The highest BCUT2D eigenvalue weighted by Gasteiger charge is 2.50. The first kappa shape index (κ1) is 11.5. The molecule has 1 saturated heterocycles. The highest BCUT2D eigenvalue weighted by Crippen LogP contribution is 2.49. The van der Waals surface area contributed by atoms with Crippen molar-refractivity contribution in [2.24, 2.45) is 18.4 Å². The standard InChI is InChI=1S/C13H19ClN2O/c1-16-8-10(7-15-16)6-13(9-14)4-5-17-12(13)11-2-3-11/h7-8,11-12H,2-6,9H2,1H3. The summed E-state index contributed by atoms with van der Waals surface area (Å²) in [5.41, 5.74) is 1.43. The van der Waals surface area contributed by atoms with Crippen LogP contribution in [0, 0.1) is 11.3 Å². The van der Waals surface area contributed by atoms with Gasteiger partial charge < -0.3 is 4.74 Å². The maximum Gasteiger partial charge on any atom is 0.0674 e. The first-order valence-electron chi connectivity index (χ1n) is 6.39. The largest absolute Gasteiger partial charge is 0.377 e. The SMILES string of the molecule is Cn1cc(CC2(CCl)CCOC2C2CC2)cn1. The third-order valence-corrected chi connectivity index (χ3v) is 4.66. The average molecular weight is 255 g/mol. The van der Waals surface area contributed by atoms with Crippen molar-refractivity contribution in [3.63, 3.8) is 0 Å². The summed E-state index contributed by atoms with van der Waals surface area (Å²) in [6.07, 6.45) is 9.15. The molecule has 2 atom stereocenters. The molecule has 1 aliphatic carbocycles. The zero-order chi connectivity index (χ0) is 11.9. The molecule has 17 heavy (non-hydrogen) atoms. The summed E-state index contributed by atoms with van der Waals surface area (Å²) in [7, 11) is 1.96. The van der Waals surface area contributed by atoms with Crippen LogP contribution in [0.1, 0.15) is 24.8 Å². The van der Waals surface area contributed by atoms with Crippen LogP contribution in [0.15, 0.2) is 12.4 Å². The van der Waals surface area contributed by atoms with Crippen LogP contribution < -0.4 is 0 Å². The Labute approximate surface area is 107 Å². The van der Waals surface area contributed by atoms with Crippen molar-refractivity contribution in [2.75, 3.05) is 12.5 Å². The molecule has 0 spiro atoms. The van der Waals surface area contributed by atoms with Gasteiger partial charge in [0.2, 0.25) is 0 Å². The normalized spacial score (nSPS) is 33.2. The van der Waals surface area contributed by atoms with E-state index < -0.39 is 0 Å². The van der Waals surface area contributed by atoms with E-state index in [-0.39, 0.29) is 5.41 Å². The molecule has 1 saturated carbocycles. The molecule has 1 aromatic rings. The van der Waals surface area contributed by atoms with Crippen molar-refractivity contribution in [3.8, 4) is 0 Å². The zero-order valence-electron chi connectivity index (χ0n) is 10.2. The molecular weight excluding hydrogens is 236 g/mol. The first-order chi connectivity index (χ1) is 8.23. The molecule has 2 fully saturated rings. The smallest absolute Gasteiger partial charge is 0.0674 e. The summed E-state index contributed by atoms with van der Waals surface area (Å²) in [5, 5.41) is 4.24. The van der Waals surface area contributed by atoms with E-state index in [4.69, 9.17) is 16.3 Å². The second-order valence-corrected chi connectivity index (χ2v) is 5.84. The van der Waals surface area contributed by atoms with Crippen LogP contribution in [0.4, 0.5) is 0 Å². The predicted molar refractivity (Wildman–Crippen MR) is 67.1 cm³/mol. The van der Waals surface area contributed by atoms with Gasteiger partial charge in [0.15, 0.2) is 0 Å². The molecule has 0 N–H and O–H groups in total. The number of alkyl halides is 1. The molecule has 2 heterocycles. The number of aryl methyl sites for hydroxylation is 1. The predicted octanol–water partition coefficient (Wildman–Crippen LogP) is 2.39. The summed E-state index contributed by atoms with van der Waals surface area (Å²) in [5.74, 6) is 1.45. The van der Waals surface area contributed by atoms with E-state index in [1.165, 1.54) is 18.4 Å². The second-order valence-electron chi connectivity index (χ2n) is 5.57. The summed E-state index contributed by atoms with van der Waals surface area (Å²) >= 11 is 6.28. The number of halogens is 1. The minimum Gasteiger partial charge on any atom is -0.377 e. The fraction of sp³-hybridized carbons (Fsp3) is 0.769. The Hall–Kier alpha value is -0.540. The molecule has 3 nitrogen and oxygen atoms in total. The van der Waals surface area contributed by atoms with Crippen LogP contribution in [-0.2, 0) is 18.2 Å². The van der Waals surface area contributed by atoms with Crippen LogP contribution in [-0.4, -0.2) is 28.4 Å². The van der Waals surface area contributed by atoms with Gasteiger partial charge in [-0.2, -0.15) is 5.10 Å². The maximum absolute atomic E-state index is 6.28. The second kappa shape index (κ2) is 4.29. The number of hydrogen-bond donors (Lipinski definition) is 0. The van der Waals surface area contributed by atoms with E-state index >= 15 is 0 Å². The van der Waals surface area contributed by atoms with Gasteiger partial charge in [0, 0.05) is 31.1 Å². The number of ether oxygens (including phenoxy) is 1. The Balaban J connectivity index is 1.80. The monoisotopic (exact) mass is 254 g/mol. The van der Waals surface area contributed by atoms with Gasteiger partial charge >= 0.3 is 0 Å². The van der Waals surface area contributed by atoms with Gasteiger partial charge in [-0.25, -0.2) is 0 Å². The zero-order valence-corrected chi connectivity index (χ0v) is 11.0. The molecular formula is C13H19ClN2O. The highest BCUT2D eigenvalue weighted by molar-refractivity contribution is 6.18. The van der Waals surface area contributed by atoms with Crippen molar-refractivity contribution in [1.29, 1.82) is 0 Å². The fourth-order valence-electron chi connectivity index (χ4n) is 3.09. The lowest BCUT2D eigenvalue weighted by molar-refractivity contribution is 0.0403. The number of hydrogen-bond acceptors (Lipinski definition) is 2. The van der Waals surface area contributed by atoms with Crippen LogP contribution >= 0.6 is 11.6 Å². The highest BCUT2D eigenvalue weighted by atomic mass is 35.5. The Morgan fingerprint density at radius 3 is 3.00 bits per heavy atom. The van der Waals surface area contributed by atoms with E-state index in [1.54, 1.807) is 0 Å². The quantitative estimate of drug-likeness (QED) is 0.772. The Morgan fingerprint density at radius 1 is 1.59 bits per heavy atom. The summed E-state index contributed by atoms with van der Waals surface area (Å²) in [4.78, 5) is 0. The van der Waals surface area contributed by atoms with Crippen molar-refractivity contribution in [1.82, 2.24) is 9.78 Å². The third-order valence-electron chi connectivity index (χ3n) is 4.13. The lowest BCUT2D eigenvalue weighted by atomic mass is 9.76. The molecule has 2 aliphatic rings. The Kier molecular flexibility index (Phi) is 2.91. The Bertz CT molecular complexity index is 402. The fourth-order valence-corrected chi connectivity index (χ4v) is 3.47. The van der Waals surface area contributed by atoms with Gasteiger partial charge in [-0.1, -0.05) is 0 Å². The lowest BCUT2D eigenvalue weighted by Crippen LogP contribution is -2.36. The van der Waals surface area contributed by atoms with Crippen LogP contribution in [0.5, 0.6) is 0 Å². The number of aromatic nitrogens is 2. The topological polar surface area (TPSA) is 27.1 Å². The average Bonchev–Trinajstić information content (AvgIpc) is 2.96. The summed E-state index contributed by atoms with van der Waals surface area (Å²) in [6.45, 7) is 0.869. The molecule has 0 bridgehead atoms. The number of nitrogens with zero attached hydrogens (tertiary/aromatic N) is 2. The molecule has 1 aromatic heterocycles. The molecule has 0 radical (unpaired) electrons. The minimum atomic E-state index is 0.145. The van der Waals surface area contributed by atoms with Crippen LogP contribution in [0.25, 0.3) is 0 Å². The molecule has 2 unspecified atom stereocenters. The molecule has 1 aliphatic heterocycles. The van der Waals surface area contributed by atoms with Crippen LogP contribution in [0.3, 0.4) is 0 Å². The van der Waals surface area contributed by atoms with E-state index in [9.17, 15) is 0 Å². The first-order valence-corrected chi connectivity index (χ1v) is 6.92. The summed E-state index contributed by atoms with van der Waals surface area (Å²) < 4.78 is 7.81. The van der Waals surface area contributed by atoms with Gasteiger partial charge in [-0.3, -0.25) is 4.68 Å². The van der Waals surface area contributed by atoms with Crippen LogP contribution in [0.2, 0.25) is 0 Å². The van der Waals surface area contributed by atoms with Gasteiger partial charge in [0.1, 0.15) is 0 Å². The van der Waals surface area contributed by atoms with Crippen molar-refractivity contribution in [2.45, 2.75) is 31.8 Å². The van der Waals surface area contributed by atoms with Gasteiger partial charge in [-0.15, -0.1) is 11.6 Å². The van der Waals surface area contributed by atoms with E-state index in [2.05, 4.69) is 11.3 Å². The van der Waals surface area contributed by atoms with Gasteiger partial charge in [0.05, 0.1) is 12.3 Å². The molecule has 4 heteroatoms. The number of rotatable bonds is 4. The maximum atomic E-state index is 6.28. The van der Waals surface area contributed by atoms with E-state index in [1.807, 2.05) is 17.9 Å². The Morgan fingerprint density at radius 2 is 2.41 bits per heavy atom. The molecule has 0 aromatic carbocycles. The molecule has 3 rings (SSSR count). The van der Waals surface area contributed by atoms with Gasteiger partial charge in [0.25, 0.3) is 0 Å². The molecule has 94 valence electrons. The van der Waals surface area contributed by atoms with E-state index in [0.29, 0.717) is 12.0 Å². The minimum absolute atomic E-state index is 0.145. The van der Waals surface area contributed by atoms with Crippen molar-refractivity contribution < 1.29 is 4.74 Å². The summed E-state index contributed by atoms with van der Waals surface area (Å²) in [6, 6.07) is 0.